The molecule has 7 nitrogen and oxygen atoms in total. The van der Waals surface area contributed by atoms with E-state index in [-0.39, 0.29) is 35.0 Å². The first-order valence-electron chi connectivity index (χ1n) is 11.1. The van der Waals surface area contributed by atoms with Gasteiger partial charge in [0.15, 0.2) is 11.5 Å². The lowest BCUT2D eigenvalue weighted by Crippen LogP contribution is -2.40. The number of halogens is 1. The highest BCUT2D eigenvalue weighted by Gasteiger charge is 2.23. The van der Waals surface area contributed by atoms with Gasteiger partial charge in [0.2, 0.25) is 0 Å². The maximum Gasteiger partial charge on any atom is 0.339 e. The van der Waals surface area contributed by atoms with Crippen LogP contribution in [0.1, 0.15) is 31.4 Å². The molecule has 0 saturated carbocycles. The molecule has 1 atom stereocenters. The first kappa shape index (κ1) is 26.0. The van der Waals surface area contributed by atoms with E-state index < -0.39 is 15.9 Å². The van der Waals surface area contributed by atoms with Crippen molar-refractivity contribution in [3.05, 3.63) is 83.7 Å². The van der Waals surface area contributed by atoms with Crippen molar-refractivity contribution in [2.45, 2.75) is 44.7 Å². The second-order valence-corrected chi connectivity index (χ2v) is 9.70. The number of hydrogen-bond donors (Lipinski definition) is 1. The van der Waals surface area contributed by atoms with Crippen molar-refractivity contribution < 1.29 is 26.5 Å². The molecule has 9 heteroatoms. The Morgan fingerprint density at radius 3 is 2.29 bits per heavy atom. The van der Waals surface area contributed by atoms with Crippen LogP contribution in [0, 0.1) is 12.7 Å². The largest absolute Gasteiger partial charge is 0.493 e. The zero-order chi connectivity index (χ0) is 25.6. The van der Waals surface area contributed by atoms with Gasteiger partial charge in [-0.15, -0.1) is 0 Å². The number of hydrogen-bond acceptors (Lipinski definition) is 5. The lowest BCUT2D eigenvalue weighted by atomic mass is 10.1. The predicted octanol–water partition coefficient (Wildman–Crippen LogP) is 5.74. The Labute approximate surface area is 205 Å². The smallest absolute Gasteiger partial charge is 0.339 e. The van der Waals surface area contributed by atoms with E-state index in [9.17, 15) is 17.6 Å². The Morgan fingerprint density at radius 1 is 1.03 bits per heavy atom. The van der Waals surface area contributed by atoms with E-state index in [2.05, 4.69) is 5.32 Å². The van der Waals surface area contributed by atoms with Crippen molar-refractivity contribution in [1.82, 2.24) is 4.90 Å². The highest BCUT2D eigenvalue weighted by molar-refractivity contribution is 7.87. The van der Waals surface area contributed by atoms with Gasteiger partial charge in [0.25, 0.3) is 0 Å². The van der Waals surface area contributed by atoms with Gasteiger partial charge in [-0.1, -0.05) is 30.7 Å². The molecule has 1 unspecified atom stereocenters. The molecule has 0 aromatic heterocycles. The number of amides is 2. The lowest BCUT2D eigenvalue weighted by molar-refractivity contribution is 0.187. The summed E-state index contributed by atoms with van der Waals surface area (Å²) in [5.74, 6) is -0.381. The van der Waals surface area contributed by atoms with Crippen LogP contribution >= 0.6 is 0 Å². The molecule has 0 radical (unpaired) electrons. The summed E-state index contributed by atoms with van der Waals surface area (Å²) in [6, 6.07) is 16.3. The summed E-state index contributed by atoms with van der Waals surface area (Å²) in [5, 5.41) is 2.91. The van der Waals surface area contributed by atoms with Crippen LogP contribution in [-0.2, 0) is 16.7 Å². The Balaban J connectivity index is 1.85. The molecule has 35 heavy (non-hydrogen) atoms. The number of rotatable bonds is 9. The number of nitrogens with zero attached hydrogens (tertiary/aromatic N) is 1. The van der Waals surface area contributed by atoms with Gasteiger partial charge in [0.1, 0.15) is 10.7 Å². The molecular weight excluding hydrogens is 471 g/mol. The molecular formula is C26H29FN2O5S. The fourth-order valence-corrected chi connectivity index (χ4v) is 4.26. The van der Waals surface area contributed by atoms with Gasteiger partial charge in [0, 0.05) is 18.3 Å². The third-order valence-electron chi connectivity index (χ3n) is 5.57. The van der Waals surface area contributed by atoms with Crippen molar-refractivity contribution in [2.75, 3.05) is 12.4 Å². The minimum Gasteiger partial charge on any atom is -0.493 e. The van der Waals surface area contributed by atoms with Crippen molar-refractivity contribution in [3.63, 3.8) is 0 Å². The molecule has 0 heterocycles. The number of carbonyl (C=O) groups is 1. The predicted molar refractivity (Wildman–Crippen MR) is 133 cm³/mol. The number of anilines is 1. The van der Waals surface area contributed by atoms with E-state index in [0.29, 0.717) is 11.3 Å². The van der Waals surface area contributed by atoms with Crippen LogP contribution in [0.3, 0.4) is 0 Å². The number of carbonyl (C=O) groups excluding carboxylic acids is 1. The fraction of sp³-hybridized carbons (Fsp3) is 0.269. The van der Waals surface area contributed by atoms with Gasteiger partial charge in [0.05, 0.1) is 7.11 Å². The van der Waals surface area contributed by atoms with Crippen LogP contribution in [0.5, 0.6) is 11.5 Å². The Kier molecular flexibility index (Phi) is 8.34. The normalized spacial score (nSPS) is 12.0. The topological polar surface area (TPSA) is 84.9 Å². The number of ether oxygens (including phenoxy) is 1. The summed E-state index contributed by atoms with van der Waals surface area (Å²) in [7, 11) is -2.83. The number of nitrogens with one attached hydrogen (secondary N) is 1. The van der Waals surface area contributed by atoms with Gasteiger partial charge in [-0.25, -0.2) is 9.18 Å². The molecule has 0 fully saturated rings. The highest BCUT2D eigenvalue weighted by Crippen LogP contribution is 2.32. The van der Waals surface area contributed by atoms with Gasteiger partial charge in [-0.3, -0.25) is 0 Å². The summed E-state index contributed by atoms with van der Waals surface area (Å²) in [4.78, 5) is 14.6. The van der Waals surface area contributed by atoms with Crippen molar-refractivity contribution in [1.29, 1.82) is 0 Å². The third kappa shape index (κ3) is 6.73. The van der Waals surface area contributed by atoms with Gasteiger partial charge in [-0.05, 0) is 74.4 Å². The van der Waals surface area contributed by atoms with E-state index in [1.165, 1.54) is 13.2 Å². The molecule has 1 N–H and O–H groups in total. The highest BCUT2D eigenvalue weighted by atomic mass is 32.2. The molecule has 0 aliphatic carbocycles. The molecule has 3 aromatic rings. The van der Waals surface area contributed by atoms with Crippen LogP contribution < -0.4 is 14.2 Å². The van der Waals surface area contributed by atoms with Crippen LogP contribution in [-0.4, -0.2) is 32.5 Å². The van der Waals surface area contributed by atoms with E-state index in [0.717, 1.165) is 36.2 Å². The van der Waals surface area contributed by atoms with Crippen molar-refractivity contribution in [3.8, 4) is 11.5 Å². The first-order valence-corrected chi connectivity index (χ1v) is 12.5. The van der Waals surface area contributed by atoms with Gasteiger partial charge < -0.3 is 19.1 Å². The standard InChI is InChI=1S/C26H29FN2O5S/c1-5-19(3)29(26(30)28-22-11-6-18(2)7-12-22)17-20-8-15-24(33-4)25(16-20)34-35(31,32)23-13-9-21(27)10-14-23/h6-16,19H,5,17H2,1-4H3,(H,28,30). The molecule has 0 bridgehead atoms. The molecule has 3 rings (SSSR count). The zero-order valence-corrected chi connectivity index (χ0v) is 20.9. The number of methoxy groups -OCH3 is 1. The maximum atomic E-state index is 13.2. The van der Waals surface area contributed by atoms with E-state index >= 15 is 0 Å². The minimum absolute atomic E-state index is 0.0302. The van der Waals surface area contributed by atoms with E-state index in [1.807, 2.05) is 45.0 Å². The monoisotopic (exact) mass is 500 g/mol. The SMILES string of the molecule is CCC(C)N(Cc1ccc(OC)c(OS(=O)(=O)c2ccc(F)cc2)c1)C(=O)Nc1ccc(C)cc1. The molecule has 0 spiro atoms. The van der Waals surface area contributed by atoms with Crippen molar-refractivity contribution in [2.24, 2.45) is 0 Å². The molecule has 186 valence electrons. The number of benzene rings is 3. The summed E-state index contributed by atoms with van der Waals surface area (Å²) in [5.41, 5.74) is 2.41. The van der Waals surface area contributed by atoms with Crippen LogP contribution in [0.15, 0.2) is 71.6 Å². The fourth-order valence-electron chi connectivity index (χ4n) is 3.33. The zero-order valence-electron chi connectivity index (χ0n) is 20.1. The Hall–Kier alpha value is -3.59. The lowest BCUT2D eigenvalue weighted by Gasteiger charge is -2.29. The summed E-state index contributed by atoms with van der Waals surface area (Å²) in [6.07, 6.45) is 0.722. The van der Waals surface area contributed by atoms with E-state index in [1.54, 1.807) is 17.0 Å². The summed E-state index contributed by atoms with van der Waals surface area (Å²) in [6.45, 7) is 6.10. The average molecular weight is 501 g/mol. The van der Waals surface area contributed by atoms with Gasteiger partial charge >= 0.3 is 16.1 Å². The Bertz CT molecular complexity index is 1260. The molecule has 0 aliphatic rings. The van der Waals surface area contributed by atoms with Crippen LogP contribution in [0.2, 0.25) is 0 Å². The second kappa shape index (κ2) is 11.2. The van der Waals surface area contributed by atoms with Crippen LogP contribution in [0.25, 0.3) is 0 Å². The van der Waals surface area contributed by atoms with Gasteiger partial charge in [-0.2, -0.15) is 8.42 Å². The Morgan fingerprint density at radius 2 is 1.69 bits per heavy atom. The molecule has 0 aliphatic heterocycles. The summed E-state index contributed by atoms with van der Waals surface area (Å²) < 4.78 is 49.3. The maximum absolute atomic E-state index is 13.2. The molecule has 2 amide bonds. The minimum atomic E-state index is -4.23. The number of urea groups is 1. The van der Waals surface area contributed by atoms with Crippen LogP contribution in [0.4, 0.5) is 14.9 Å². The third-order valence-corrected chi connectivity index (χ3v) is 6.82. The second-order valence-electron chi connectivity index (χ2n) is 8.16. The molecule has 3 aromatic carbocycles. The average Bonchev–Trinajstić information content (AvgIpc) is 2.83. The molecule has 0 saturated heterocycles. The quantitative estimate of drug-likeness (QED) is 0.379. The van der Waals surface area contributed by atoms with E-state index in [4.69, 9.17) is 8.92 Å². The first-order chi connectivity index (χ1) is 16.6. The summed E-state index contributed by atoms with van der Waals surface area (Å²) >= 11 is 0. The van der Waals surface area contributed by atoms with Crippen molar-refractivity contribution >= 4 is 21.8 Å². The number of aryl methyl sites for hydroxylation is 1.